The average Bonchev–Trinajstić information content (AvgIpc) is 3.16. The first-order valence-electron chi connectivity index (χ1n) is 8.38. The number of methoxy groups -OCH3 is 1. The van der Waals surface area contributed by atoms with E-state index in [2.05, 4.69) is 10.1 Å². The van der Waals surface area contributed by atoms with Crippen LogP contribution in [0.3, 0.4) is 0 Å². The summed E-state index contributed by atoms with van der Waals surface area (Å²) < 4.78 is 20.9. The number of esters is 1. The largest absolute Gasteiger partial charge is 0.497 e. The highest BCUT2D eigenvalue weighted by molar-refractivity contribution is 5.71. The number of carbonyl (C=O) groups is 1. The fourth-order valence-electron chi connectivity index (χ4n) is 2.39. The second kappa shape index (κ2) is 8.35. The van der Waals surface area contributed by atoms with Crippen LogP contribution in [-0.2, 0) is 16.1 Å². The molecule has 0 bridgehead atoms. The molecule has 0 spiro atoms. The van der Waals surface area contributed by atoms with Gasteiger partial charge in [-0.2, -0.15) is 4.98 Å². The van der Waals surface area contributed by atoms with Crippen LogP contribution in [0, 0.1) is 13.8 Å². The first-order valence-corrected chi connectivity index (χ1v) is 8.38. The molecule has 0 saturated carbocycles. The third-order valence-electron chi connectivity index (χ3n) is 4.05. The van der Waals surface area contributed by atoms with Gasteiger partial charge in [0.05, 0.1) is 7.11 Å². The minimum atomic E-state index is -0.517. The molecular weight excluding hydrogens is 348 g/mol. The van der Waals surface area contributed by atoms with E-state index in [4.69, 9.17) is 18.7 Å². The van der Waals surface area contributed by atoms with Crippen LogP contribution in [0.25, 0.3) is 11.4 Å². The summed E-state index contributed by atoms with van der Waals surface area (Å²) in [5, 5.41) is 3.89. The van der Waals surface area contributed by atoms with Gasteiger partial charge in [0.25, 0.3) is 5.89 Å². The lowest BCUT2D eigenvalue weighted by Gasteiger charge is -2.10. The van der Waals surface area contributed by atoms with Gasteiger partial charge < -0.3 is 18.7 Å². The van der Waals surface area contributed by atoms with E-state index in [0.29, 0.717) is 17.3 Å². The molecule has 0 amide bonds. The summed E-state index contributed by atoms with van der Waals surface area (Å²) in [6.07, 6.45) is 0. The van der Waals surface area contributed by atoms with E-state index in [1.54, 1.807) is 13.2 Å². The molecule has 0 unspecified atom stereocenters. The summed E-state index contributed by atoms with van der Waals surface area (Å²) in [7, 11) is 1.58. The molecular formula is C20H20N2O5. The minimum absolute atomic E-state index is 0.119. The van der Waals surface area contributed by atoms with Crippen LogP contribution in [-0.4, -0.2) is 29.8 Å². The second-order valence-electron chi connectivity index (χ2n) is 5.89. The van der Waals surface area contributed by atoms with Crippen LogP contribution in [0.5, 0.6) is 11.5 Å². The Morgan fingerprint density at radius 2 is 1.96 bits per heavy atom. The monoisotopic (exact) mass is 368 g/mol. The molecule has 0 atom stereocenters. The molecule has 7 heteroatoms. The molecule has 3 aromatic rings. The summed E-state index contributed by atoms with van der Waals surface area (Å²) >= 11 is 0. The number of benzene rings is 2. The second-order valence-corrected chi connectivity index (χ2v) is 5.89. The van der Waals surface area contributed by atoms with Gasteiger partial charge in [0.1, 0.15) is 11.5 Å². The molecule has 3 rings (SSSR count). The van der Waals surface area contributed by atoms with E-state index >= 15 is 0 Å². The van der Waals surface area contributed by atoms with Gasteiger partial charge in [0.2, 0.25) is 5.82 Å². The number of aryl methyl sites for hydroxylation is 1. The van der Waals surface area contributed by atoms with Gasteiger partial charge in [-0.25, -0.2) is 4.79 Å². The van der Waals surface area contributed by atoms with Crippen molar-refractivity contribution in [1.29, 1.82) is 0 Å². The van der Waals surface area contributed by atoms with E-state index in [1.807, 2.05) is 50.2 Å². The zero-order chi connectivity index (χ0) is 19.2. The Balaban J connectivity index is 1.53. The number of carbonyl (C=O) groups excluding carboxylic acids is 1. The predicted molar refractivity (Wildman–Crippen MR) is 97.5 cm³/mol. The van der Waals surface area contributed by atoms with Gasteiger partial charge in [-0.1, -0.05) is 29.4 Å². The van der Waals surface area contributed by atoms with Crippen LogP contribution in [0.4, 0.5) is 0 Å². The summed E-state index contributed by atoms with van der Waals surface area (Å²) in [6.45, 7) is 3.61. The summed E-state index contributed by atoms with van der Waals surface area (Å²) in [5.41, 5.74) is 2.83. The molecule has 0 saturated heterocycles. The molecule has 0 aliphatic carbocycles. The van der Waals surface area contributed by atoms with E-state index in [0.717, 1.165) is 16.7 Å². The van der Waals surface area contributed by atoms with E-state index in [1.165, 1.54) is 0 Å². The van der Waals surface area contributed by atoms with Crippen LogP contribution in [0.1, 0.15) is 17.0 Å². The summed E-state index contributed by atoms with van der Waals surface area (Å²) in [5.74, 6) is 1.43. The van der Waals surface area contributed by atoms with Crippen molar-refractivity contribution in [2.45, 2.75) is 20.5 Å². The van der Waals surface area contributed by atoms with E-state index in [-0.39, 0.29) is 19.1 Å². The number of nitrogens with zero attached hydrogens (tertiary/aromatic N) is 2. The molecule has 0 radical (unpaired) electrons. The Kier molecular flexibility index (Phi) is 5.71. The molecule has 0 fully saturated rings. The van der Waals surface area contributed by atoms with Gasteiger partial charge in [0.15, 0.2) is 13.2 Å². The van der Waals surface area contributed by atoms with Gasteiger partial charge >= 0.3 is 5.97 Å². The van der Waals surface area contributed by atoms with Crippen molar-refractivity contribution in [2.75, 3.05) is 13.7 Å². The van der Waals surface area contributed by atoms with Crippen LogP contribution >= 0.6 is 0 Å². The maximum Gasteiger partial charge on any atom is 0.344 e. The predicted octanol–water partition coefficient (Wildman–Crippen LogP) is 3.48. The maximum atomic E-state index is 11.9. The molecule has 0 aliphatic heterocycles. The third-order valence-corrected chi connectivity index (χ3v) is 4.05. The molecule has 1 heterocycles. The Hall–Kier alpha value is -3.35. The average molecular weight is 368 g/mol. The minimum Gasteiger partial charge on any atom is -0.497 e. The van der Waals surface area contributed by atoms with Crippen LogP contribution < -0.4 is 9.47 Å². The molecule has 0 N–H and O–H groups in total. The molecule has 140 valence electrons. The molecule has 27 heavy (non-hydrogen) atoms. The van der Waals surface area contributed by atoms with Crippen molar-refractivity contribution >= 4 is 5.97 Å². The van der Waals surface area contributed by atoms with Crippen LogP contribution in [0.2, 0.25) is 0 Å². The zero-order valence-corrected chi connectivity index (χ0v) is 15.4. The number of rotatable bonds is 7. The molecule has 2 aromatic carbocycles. The Morgan fingerprint density at radius 1 is 1.15 bits per heavy atom. The molecule has 7 nitrogen and oxygen atoms in total. The number of hydrogen-bond acceptors (Lipinski definition) is 7. The van der Waals surface area contributed by atoms with Crippen molar-refractivity contribution in [3.8, 4) is 22.9 Å². The Labute approximate surface area is 156 Å². The lowest BCUT2D eigenvalue weighted by Crippen LogP contribution is -2.15. The van der Waals surface area contributed by atoms with E-state index in [9.17, 15) is 4.79 Å². The summed E-state index contributed by atoms with van der Waals surface area (Å²) in [4.78, 5) is 16.1. The lowest BCUT2D eigenvalue weighted by atomic mass is 10.1. The van der Waals surface area contributed by atoms with Gasteiger partial charge in [0, 0.05) is 5.56 Å². The van der Waals surface area contributed by atoms with Gasteiger partial charge in [-0.05, 0) is 43.2 Å². The SMILES string of the molecule is COc1cccc(-c2noc(COC(=O)COc3cccc(C)c3C)n2)c1. The normalized spacial score (nSPS) is 10.5. The highest BCUT2D eigenvalue weighted by atomic mass is 16.6. The van der Waals surface area contributed by atoms with Crippen LogP contribution in [0.15, 0.2) is 47.0 Å². The van der Waals surface area contributed by atoms with Crippen molar-refractivity contribution in [2.24, 2.45) is 0 Å². The topological polar surface area (TPSA) is 83.7 Å². The number of hydrogen-bond donors (Lipinski definition) is 0. The quantitative estimate of drug-likeness (QED) is 0.590. The van der Waals surface area contributed by atoms with Gasteiger partial charge in [-0.15, -0.1) is 0 Å². The van der Waals surface area contributed by atoms with Crippen molar-refractivity contribution < 1.29 is 23.5 Å². The standard InChI is InChI=1S/C20H20N2O5/c1-13-6-4-9-17(14(13)2)25-12-19(23)26-11-18-21-20(22-27-18)15-7-5-8-16(10-15)24-3/h4-10H,11-12H2,1-3H3. The number of aromatic nitrogens is 2. The highest BCUT2D eigenvalue weighted by Gasteiger charge is 2.13. The fourth-order valence-corrected chi connectivity index (χ4v) is 2.39. The molecule has 0 aliphatic rings. The van der Waals surface area contributed by atoms with E-state index < -0.39 is 5.97 Å². The smallest absolute Gasteiger partial charge is 0.344 e. The maximum absolute atomic E-state index is 11.9. The van der Waals surface area contributed by atoms with Gasteiger partial charge in [-0.3, -0.25) is 0 Å². The Bertz CT molecular complexity index is 936. The lowest BCUT2D eigenvalue weighted by molar-refractivity contribution is -0.148. The first kappa shape index (κ1) is 18.4. The van der Waals surface area contributed by atoms with Crippen molar-refractivity contribution in [1.82, 2.24) is 10.1 Å². The third kappa shape index (κ3) is 4.63. The summed E-state index contributed by atoms with van der Waals surface area (Å²) in [6, 6.07) is 12.9. The van der Waals surface area contributed by atoms with Crippen molar-refractivity contribution in [3.05, 3.63) is 59.5 Å². The number of ether oxygens (including phenoxy) is 3. The van der Waals surface area contributed by atoms with Crippen molar-refractivity contribution in [3.63, 3.8) is 0 Å². The first-order chi connectivity index (χ1) is 13.1. The Morgan fingerprint density at radius 3 is 2.78 bits per heavy atom. The fraction of sp³-hybridized carbons (Fsp3) is 0.250. The highest BCUT2D eigenvalue weighted by Crippen LogP contribution is 2.22. The molecule has 1 aromatic heterocycles. The zero-order valence-electron chi connectivity index (χ0n) is 15.4.